The monoisotopic (exact) mass is 386 g/mol. The van der Waals surface area contributed by atoms with Gasteiger partial charge < -0.3 is 5.11 Å². The van der Waals surface area contributed by atoms with Crippen molar-refractivity contribution < 1.29 is 27.5 Å². The van der Waals surface area contributed by atoms with Gasteiger partial charge in [-0.25, -0.2) is 4.39 Å². The molecular weight excluding hydrogens is 376 g/mol. The summed E-state index contributed by atoms with van der Waals surface area (Å²) in [6.07, 6.45) is -5.83. The molecule has 2 aromatic carbocycles. The molecule has 1 aliphatic heterocycles. The number of halogens is 5. The summed E-state index contributed by atoms with van der Waals surface area (Å²) < 4.78 is 52.6. The van der Waals surface area contributed by atoms with E-state index < -0.39 is 35.8 Å². The topological polar surface area (TPSA) is 52.9 Å². The fraction of sp³-hybridized carbons (Fsp3) is 0.176. The molecule has 9 heteroatoms. The van der Waals surface area contributed by atoms with Crippen molar-refractivity contribution >= 4 is 23.2 Å². The standard InChI is InChI=1S/C17H11ClF4N2O2/c18-13-4-2-1-3-12(13)15(25)24-16(26,9-14(23-24)17(20,21)22)10-5-7-11(19)8-6-10/h1-8,26H,9H2/t16-/m0/s1. The van der Waals surface area contributed by atoms with Gasteiger partial charge in [-0.1, -0.05) is 35.9 Å². The molecule has 4 nitrogen and oxygen atoms in total. The number of hydrogen-bond acceptors (Lipinski definition) is 3. The maximum Gasteiger partial charge on any atom is 0.431 e. The number of nitrogens with zero attached hydrogens (tertiary/aromatic N) is 2. The maximum absolute atomic E-state index is 13.1. The van der Waals surface area contributed by atoms with Crippen molar-refractivity contribution in [3.8, 4) is 0 Å². The van der Waals surface area contributed by atoms with Gasteiger partial charge in [-0.05, 0) is 24.3 Å². The lowest BCUT2D eigenvalue weighted by molar-refractivity contribution is -0.0816. The molecule has 0 fully saturated rings. The van der Waals surface area contributed by atoms with Gasteiger partial charge in [-0.3, -0.25) is 4.79 Å². The molecule has 2 aromatic rings. The van der Waals surface area contributed by atoms with Gasteiger partial charge in [-0.2, -0.15) is 23.3 Å². The van der Waals surface area contributed by atoms with Crippen LogP contribution in [0.25, 0.3) is 0 Å². The largest absolute Gasteiger partial charge is 0.431 e. The van der Waals surface area contributed by atoms with E-state index in [1.54, 1.807) is 6.07 Å². The number of alkyl halides is 3. The van der Waals surface area contributed by atoms with E-state index in [2.05, 4.69) is 5.10 Å². The number of carbonyl (C=O) groups is 1. The van der Waals surface area contributed by atoms with Gasteiger partial charge >= 0.3 is 6.18 Å². The van der Waals surface area contributed by atoms with Crippen LogP contribution in [0.2, 0.25) is 5.02 Å². The SMILES string of the molecule is O=C(c1ccccc1Cl)N1N=C(C(F)(F)F)C[C@]1(O)c1ccc(F)cc1. The Kier molecular flexibility index (Phi) is 4.49. The molecule has 1 heterocycles. The maximum atomic E-state index is 13.1. The summed E-state index contributed by atoms with van der Waals surface area (Å²) in [6.45, 7) is 0. The zero-order valence-corrected chi connectivity index (χ0v) is 13.7. The molecule has 0 saturated heterocycles. The average Bonchev–Trinajstić information content (AvgIpc) is 2.94. The van der Waals surface area contributed by atoms with Gasteiger partial charge in [-0.15, -0.1) is 0 Å². The lowest BCUT2D eigenvalue weighted by atomic mass is 9.96. The summed E-state index contributed by atoms with van der Waals surface area (Å²) in [7, 11) is 0. The van der Waals surface area contributed by atoms with Crippen molar-refractivity contribution in [3.63, 3.8) is 0 Å². The van der Waals surface area contributed by atoms with E-state index in [9.17, 15) is 27.5 Å². The third-order valence-corrected chi connectivity index (χ3v) is 4.25. The molecule has 0 unspecified atom stereocenters. The van der Waals surface area contributed by atoms with Gasteiger partial charge in [0.1, 0.15) is 11.5 Å². The normalized spacial score (nSPS) is 20.2. The predicted molar refractivity (Wildman–Crippen MR) is 86.0 cm³/mol. The Morgan fingerprint density at radius 3 is 2.35 bits per heavy atom. The third kappa shape index (κ3) is 3.17. The van der Waals surface area contributed by atoms with E-state index in [0.29, 0.717) is 5.01 Å². The molecule has 26 heavy (non-hydrogen) atoms. The van der Waals surface area contributed by atoms with E-state index in [4.69, 9.17) is 11.6 Å². The first-order chi connectivity index (χ1) is 12.1. The lowest BCUT2D eigenvalue weighted by Gasteiger charge is -2.31. The quantitative estimate of drug-likeness (QED) is 0.790. The molecule has 1 atom stereocenters. The van der Waals surface area contributed by atoms with Gasteiger partial charge in [0, 0.05) is 5.56 Å². The Bertz CT molecular complexity index is 883. The summed E-state index contributed by atoms with van der Waals surface area (Å²) in [4.78, 5) is 12.7. The summed E-state index contributed by atoms with van der Waals surface area (Å²) in [6, 6.07) is 9.83. The Hall–Kier alpha value is -2.45. The molecular formula is C17H11ClF4N2O2. The smallest absolute Gasteiger partial charge is 0.365 e. The summed E-state index contributed by atoms with van der Waals surface area (Å²) in [5.41, 5.74) is -3.98. The zero-order valence-electron chi connectivity index (χ0n) is 13.0. The molecule has 1 N–H and O–H groups in total. The Morgan fingerprint density at radius 1 is 1.15 bits per heavy atom. The van der Waals surface area contributed by atoms with Gasteiger partial charge in [0.2, 0.25) is 0 Å². The Balaban J connectivity index is 2.10. The van der Waals surface area contributed by atoms with Crippen molar-refractivity contribution in [1.82, 2.24) is 5.01 Å². The van der Waals surface area contributed by atoms with Gasteiger partial charge in [0.15, 0.2) is 5.72 Å². The minimum absolute atomic E-state index is 0.00499. The predicted octanol–water partition coefficient (Wildman–Crippen LogP) is 4.09. The molecule has 3 rings (SSSR count). The first-order valence-electron chi connectivity index (χ1n) is 7.35. The van der Waals surface area contributed by atoms with E-state index in [0.717, 1.165) is 24.3 Å². The van der Waals surface area contributed by atoms with Crippen LogP contribution < -0.4 is 0 Å². The average molecular weight is 387 g/mol. The molecule has 1 amide bonds. The minimum atomic E-state index is -4.84. The minimum Gasteiger partial charge on any atom is -0.365 e. The van der Waals surface area contributed by atoms with Crippen LogP contribution in [-0.2, 0) is 5.72 Å². The second-order valence-corrected chi connectivity index (χ2v) is 6.05. The van der Waals surface area contributed by atoms with Crippen LogP contribution in [0.15, 0.2) is 53.6 Å². The molecule has 0 saturated carbocycles. The van der Waals surface area contributed by atoms with Gasteiger partial charge in [0.25, 0.3) is 5.91 Å². The number of carbonyl (C=O) groups excluding carboxylic acids is 1. The zero-order chi connectivity index (χ0) is 19.1. The lowest BCUT2D eigenvalue weighted by Crippen LogP contribution is -2.43. The third-order valence-electron chi connectivity index (χ3n) is 3.92. The van der Waals surface area contributed by atoms with Crippen molar-refractivity contribution in [2.24, 2.45) is 5.10 Å². The Labute approximate surface area is 150 Å². The molecule has 1 aliphatic rings. The van der Waals surface area contributed by atoms with Crippen LogP contribution >= 0.6 is 11.6 Å². The van der Waals surface area contributed by atoms with E-state index in [-0.39, 0.29) is 16.1 Å². The molecule has 0 radical (unpaired) electrons. The molecule has 0 aliphatic carbocycles. The number of rotatable bonds is 2. The number of aliphatic hydroxyl groups is 1. The van der Waals surface area contributed by atoms with E-state index >= 15 is 0 Å². The fourth-order valence-corrected chi connectivity index (χ4v) is 2.82. The highest BCUT2D eigenvalue weighted by atomic mass is 35.5. The van der Waals surface area contributed by atoms with Crippen molar-refractivity contribution in [2.45, 2.75) is 18.3 Å². The highest BCUT2D eigenvalue weighted by molar-refractivity contribution is 6.33. The number of hydrogen-bond donors (Lipinski definition) is 1. The highest BCUT2D eigenvalue weighted by Gasteiger charge is 2.53. The van der Waals surface area contributed by atoms with Crippen LogP contribution in [0, 0.1) is 5.82 Å². The van der Waals surface area contributed by atoms with Crippen LogP contribution in [0.5, 0.6) is 0 Å². The molecule has 136 valence electrons. The van der Waals surface area contributed by atoms with E-state index in [1.807, 2.05) is 0 Å². The first kappa shape index (κ1) is 18.3. The fourth-order valence-electron chi connectivity index (χ4n) is 2.61. The molecule has 0 aromatic heterocycles. The molecule has 0 bridgehead atoms. The van der Waals surface area contributed by atoms with E-state index in [1.165, 1.54) is 18.2 Å². The molecule has 0 spiro atoms. The summed E-state index contributed by atoms with van der Waals surface area (Å²) in [5.74, 6) is -1.65. The number of amides is 1. The highest BCUT2D eigenvalue weighted by Crippen LogP contribution is 2.40. The second kappa shape index (κ2) is 6.37. The van der Waals surface area contributed by atoms with Crippen LogP contribution in [0.4, 0.5) is 17.6 Å². The first-order valence-corrected chi connectivity index (χ1v) is 7.73. The van der Waals surface area contributed by atoms with Crippen molar-refractivity contribution in [3.05, 3.63) is 70.5 Å². The van der Waals surface area contributed by atoms with Crippen molar-refractivity contribution in [2.75, 3.05) is 0 Å². The summed E-state index contributed by atoms with van der Waals surface area (Å²) in [5, 5.41) is 14.5. The van der Waals surface area contributed by atoms with Crippen molar-refractivity contribution in [1.29, 1.82) is 0 Å². The van der Waals surface area contributed by atoms with Crippen LogP contribution in [0.3, 0.4) is 0 Å². The summed E-state index contributed by atoms with van der Waals surface area (Å²) >= 11 is 5.93. The van der Waals surface area contributed by atoms with Gasteiger partial charge in [0.05, 0.1) is 17.0 Å². The Morgan fingerprint density at radius 2 is 1.77 bits per heavy atom. The van der Waals surface area contributed by atoms with Crippen LogP contribution in [-0.4, -0.2) is 27.9 Å². The number of benzene rings is 2. The number of hydrazone groups is 1. The van der Waals surface area contributed by atoms with Crippen LogP contribution in [0.1, 0.15) is 22.3 Å². The second-order valence-electron chi connectivity index (χ2n) is 5.64.